The third-order valence-corrected chi connectivity index (χ3v) is 3.21. The van der Waals surface area contributed by atoms with Crippen LogP contribution in [0.1, 0.15) is 24.5 Å². The predicted molar refractivity (Wildman–Crippen MR) is 76.1 cm³/mol. The van der Waals surface area contributed by atoms with Crippen LogP contribution in [0.15, 0.2) is 29.1 Å². The Morgan fingerprint density at radius 2 is 2.10 bits per heavy atom. The number of halogens is 4. The molecule has 2 rings (SSSR count). The molecule has 0 bridgehead atoms. The van der Waals surface area contributed by atoms with Crippen molar-refractivity contribution in [3.05, 3.63) is 40.3 Å². The van der Waals surface area contributed by atoms with E-state index in [1.807, 2.05) is 13.0 Å². The molecule has 1 N–H and O–H groups in total. The summed E-state index contributed by atoms with van der Waals surface area (Å²) in [6.45, 7) is 3.37. The Morgan fingerprint density at radius 1 is 1.33 bits per heavy atom. The van der Waals surface area contributed by atoms with Gasteiger partial charge in [0.25, 0.3) is 0 Å². The molecular formula is C13H14BrF3N4. The molecule has 0 aliphatic rings. The molecule has 0 saturated carbocycles. The van der Waals surface area contributed by atoms with Crippen molar-refractivity contribution in [2.45, 2.75) is 26.1 Å². The van der Waals surface area contributed by atoms with E-state index < -0.39 is 11.7 Å². The van der Waals surface area contributed by atoms with E-state index in [2.05, 4.69) is 31.3 Å². The molecule has 0 unspecified atom stereocenters. The van der Waals surface area contributed by atoms with Gasteiger partial charge in [-0.25, -0.2) is 9.67 Å². The zero-order valence-corrected chi connectivity index (χ0v) is 12.9. The van der Waals surface area contributed by atoms with Gasteiger partial charge in [-0.1, -0.05) is 6.92 Å². The average molecular weight is 363 g/mol. The van der Waals surface area contributed by atoms with E-state index >= 15 is 0 Å². The maximum Gasteiger partial charge on any atom is 0.419 e. The van der Waals surface area contributed by atoms with Gasteiger partial charge < -0.3 is 5.32 Å². The SMILES string of the molecule is CCCNCc1cc(Br)cnc1-n1cc(C(F)(F)F)cn1. The molecule has 2 aromatic rings. The van der Waals surface area contributed by atoms with Gasteiger partial charge in [0.2, 0.25) is 0 Å². The molecule has 0 saturated heterocycles. The van der Waals surface area contributed by atoms with Gasteiger partial charge in [-0.3, -0.25) is 0 Å². The Morgan fingerprint density at radius 3 is 2.71 bits per heavy atom. The lowest BCUT2D eigenvalue weighted by Crippen LogP contribution is -2.16. The van der Waals surface area contributed by atoms with Crippen LogP contribution in [0, 0.1) is 0 Å². The summed E-state index contributed by atoms with van der Waals surface area (Å²) in [4.78, 5) is 4.17. The molecule has 4 nitrogen and oxygen atoms in total. The fourth-order valence-electron chi connectivity index (χ4n) is 1.80. The number of rotatable bonds is 5. The molecule has 0 atom stereocenters. The van der Waals surface area contributed by atoms with E-state index in [0.717, 1.165) is 40.1 Å². The summed E-state index contributed by atoms with van der Waals surface area (Å²) >= 11 is 3.31. The fraction of sp³-hybridized carbons (Fsp3) is 0.385. The topological polar surface area (TPSA) is 42.7 Å². The number of aromatic nitrogens is 3. The van der Waals surface area contributed by atoms with E-state index in [1.165, 1.54) is 6.20 Å². The second-order valence-electron chi connectivity index (χ2n) is 4.48. The van der Waals surface area contributed by atoms with Crippen LogP contribution in [0.2, 0.25) is 0 Å². The number of alkyl halides is 3. The minimum absolute atomic E-state index is 0.386. The number of nitrogens with one attached hydrogen (secondary N) is 1. The van der Waals surface area contributed by atoms with Crippen molar-refractivity contribution < 1.29 is 13.2 Å². The third-order valence-electron chi connectivity index (χ3n) is 2.78. The average Bonchev–Trinajstić information content (AvgIpc) is 2.88. The molecule has 2 aromatic heterocycles. The van der Waals surface area contributed by atoms with Gasteiger partial charge in [0.05, 0.1) is 11.8 Å². The largest absolute Gasteiger partial charge is 0.419 e. The molecule has 0 radical (unpaired) electrons. The molecule has 21 heavy (non-hydrogen) atoms. The van der Waals surface area contributed by atoms with Crippen molar-refractivity contribution >= 4 is 15.9 Å². The Labute approximate surface area is 128 Å². The van der Waals surface area contributed by atoms with Crippen molar-refractivity contribution in [1.29, 1.82) is 0 Å². The Hall–Kier alpha value is -1.41. The molecule has 8 heteroatoms. The highest BCUT2D eigenvalue weighted by atomic mass is 79.9. The van der Waals surface area contributed by atoms with Gasteiger partial charge in [-0.15, -0.1) is 0 Å². The lowest BCUT2D eigenvalue weighted by molar-refractivity contribution is -0.137. The van der Waals surface area contributed by atoms with Crippen LogP contribution in [0.25, 0.3) is 5.82 Å². The van der Waals surface area contributed by atoms with Crippen molar-refractivity contribution in [2.24, 2.45) is 0 Å². The van der Waals surface area contributed by atoms with Gasteiger partial charge >= 0.3 is 6.18 Å². The molecule has 114 valence electrons. The molecule has 2 heterocycles. The normalized spacial score (nSPS) is 11.9. The smallest absolute Gasteiger partial charge is 0.313 e. The Balaban J connectivity index is 2.32. The Bertz CT molecular complexity index is 610. The van der Waals surface area contributed by atoms with Crippen LogP contribution in [0.4, 0.5) is 13.2 Å². The second-order valence-corrected chi connectivity index (χ2v) is 5.40. The summed E-state index contributed by atoms with van der Waals surface area (Å²) in [6.07, 6.45) is -0.162. The number of hydrogen-bond donors (Lipinski definition) is 1. The van der Waals surface area contributed by atoms with Crippen LogP contribution in [-0.4, -0.2) is 21.3 Å². The molecule has 0 spiro atoms. The molecular weight excluding hydrogens is 349 g/mol. The van der Waals surface area contributed by atoms with E-state index in [4.69, 9.17) is 0 Å². The summed E-state index contributed by atoms with van der Waals surface area (Å²) < 4.78 is 39.8. The summed E-state index contributed by atoms with van der Waals surface area (Å²) in [5, 5.41) is 6.96. The monoisotopic (exact) mass is 362 g/mol. The predicted octanol–water partition coefficient (Wildman–Crippen LogP) is 3.55. The van der Waals surface area contributed by atoms with Crippen molar-refractivity contribution in [3.63, 3.8) is 0 Å². The lowest BCUT2D eigenvalue weighted by Gasteiger charge is -2.10. The highest BCUT2D eigenvalue weighted by molar-refractivity contribution is 9.10. The van der Waals surface area contributed by atoms with Gasteiger partial charge in [0, 0.05) is 29.0 Å². The van der Waals surface area contributed by atoms with Crippen LogP contribution in [-0.2, 0) is 12.7 Å². The summed E-state index contributed by atoms with van der Waals surface area (Å²) in [6, 6.07) is 1.82. The van der Waals surface area contributed by atoms with Crippen LogP contribution < -0.4 is 5.32 Å². The summed E-state index contributed by atoms with van der Waals surface area (Å²) in [5.41, 5.74) is -0.0191. The summed E-state index contributed by atoms with van der Waals surface area (Å²) in [5.74, 6) is 0.386. The van der Waals surface area contributed by atoms with Gasteiger partial charge in [-0.2, -0.15) is 18.3 Å². The van der Waals surface area contributed by atoms with E-state index in [0.29, 0.717) is 12.4 Å². The first-order valence-corrected chi connectivity index (χ1v) is 7.18. The lowest BCUT2D eigenvalue weighted by atomic mass is 10.2. The van der Waals surface area contributed by atoms with Crippen LogP contribution in [0.3, 0.4) is 0 Å². The maximum atomic E-state index is 12.6. The van der Waals surface area contributed by atoms with E-state index in [9.17, 15) is 13.2 Å². The first-order valence-electron chi connectivity index (χ1n) is 6.39. The number of hydrogen-bond acceptors (Lipinski definition) is 3. The zero-order chi connectivity index (χ0) is 15.5. The zero-order valence-electron chi connectivity index (χ0n) is 11.3. The van der Waals surface area contributed by atoms with E-state index in [1.54, 1.807) is 0 Å². The minimum Gasteiger partial charge on any atom is -0.313 e. The molecule has 0 aliphatic heterocycles. The Kier molecular flexibility index (Phi) is 5.00. The number of pyridine rings is 1. The quantitative estimate of drug-likeness (QED) is 0.827. The first-order chi connectivity index (χ1) is 9.91. The van der Waals surface area contributed by atoms with Gasteiger partial charge in [0.15, 0.2) is 5.82 Å². The van der Waals surface area contributed by atoms with Crippen LogP contribution in [0.5, 0.6) is 0 Å². The van der Waals surface area contributed by atoms with Gasteiger partial charge in [0.1, 0.15) is 0 Å². The maximum absolute atomic E-state index is 12.6. The van der Waals surface area contributed by atoms with Gasteiger partial charge in [-0.05, 0) is 35.0 Å². The van der Waals surface area contributed by atoms with Crippen molar-refractivity contribution in [2.75, 3.05) is 6.54 Å². The first kappa shape index (κ1) is 16.0. The molecule has 0 aromatic carbocycles. The molecule has 0 amide bonds. The van der Waals surface area contributed by atoms with E-state index in [-0.39, 0.29) is 0 Å². The second kappa shape index (κ2) is 6.57. The van der Waals surface area contributed by atoms with Crippen molar-refractivity contribution in [1.82, 2.24) is 20.1 Å². The fourth-order valence-corrected chi connectivity index (χ4v) is 2.17. The number of nitrogens with zero attached hydrogens (tertiary/aromatic N) is 3. The highest BCUT2D eigenvalue weighted by Crippen LogP contribution is 2.29. The standard InChI is InChI=1S/C13H14BrF3N4/c1-2-3-18-5-9-4-11(14)7-19-12(9)21-8-10(6-20-21)13(15,16)17/h4,6-8,18H,2-3,5H2,1H3. The molecule has 0 aliphatic carbocycles. The third kappa shape index (κ3) is 4.04. The summed E-state index contributed by atoms with van der Waals surface area (Å²) in [7, 11) is 0. The van der Waals surface area contributed by atoms with Crippen LogP contribution >= 0.6 is 15.9 Å². The highest BCUT2D eigenvalue weighted by Gasteiger charge is 2.32. The minimum atomic E-state index is -4.41. The van der Waals surface area contributed by atoms with Crippen molar-refractivity contribution in [3.8, 4) is 5.82 Å². The molecule has 0 fully saturated rings.